The molecule has 5 heteroatoms. The number of ether oxygens (including phenoxy) is 1. The van der Waals surface area contributed by atoms with E-state index < -0.39 is 6.10 Å². The van der Waals surface area contributed by atoms with Crippen molar-refractivity contribution >= 4 is 11.6 Å². The van der Waals surface area contributed by atoms with Crippen molar-refractivity contribution in [2.45, 2.75) is 38.9 Å². The zero-order chi connectivity index (χ0) is 14.5. The summed E-state index contributed by atoms with van der Waals surface area (Å²) in [6.45, 7) is 5.92. The molecule has 0 aliphatic carbocycles. The highest BCUT2D eigenvalue weighted by Crippen LogP contribution is 2.23. The van der Waals surface area contributed by atoms with Crippen LogP contribution in [0.1, 0.15) is 25.3 Å². The Balaban J connectivity index is 1.94. The van der Waals surface area contributed by atoms with E-state index in [1.165, 1.54) is 11.3 Å². The van der Waals surface area contributed by atoms with Crippen LogP contribution in [0, 0.1) is 6.92 Å². The number of nitrogens with one attached hydrogen (secondary N) is 1. The van der Waals surface area contributed by atoms with Crippen LogP contribution in [0.15, 0.2) is 24.3 Å². The fourth-order valence-electron chi connectivity index (χ4n) is 2.54. The van der Waals surface area contributed by atoms with Gasteiger partial charge < -0.3 is 9.64 Å². The number of hydrazine groups is 1. The third-order valence-corrected chi connectivity index (χ3v) is 3.75. The monoisotopic (exact) mass is 277 g/mol. The minimum atomic E-state index is -0.401. The van der Waals surface area contributed by atoms with Gasteiger partial charge in [0.05, 0.1) is 6.10 Å². The number of carbonyl (C=O) groups excluding carboxylic acids is 1. The molecule has 1 saturated heterocycles. The molecule has 2 atom stereocenters. The number of carbonyl (C=O) groups is 1. The Bertz CT molecular complexity index is 447. The zero-order valence-corrected chi connectivity index (χ0v) is 12.1. The molecule has 20 heavy (non-hydrogen) atoms. The van der Waals surface area contributed by atoms with Gasteiger partial charge in [0.15, 0.2) is 0 Å². The Morgan fingerprint density at radius 1 is 1.40 bits per heavy atom. The molecule has 0 spiro atoms. The molecule has 2 unspecified atom stereocenters. The van der Waals surface area contributed by atoms with Crippen LogP contribution in [0.3, 0.4) is 0 Å². The van der Waals surface area contributed by atoms with E-state index in [0.717, 1.165) is 25.9 Å². The van der Waals surface area contributed by atoms with E-state index in [9.17, 15) is 4.79 Å². The summed E-state index contributed by atoms with van der Waals surface area (Å²) in [6, 6.07) is 8.46. The normalized spacial score (nSPS) is 21.8. The lowest BCUT2D eigenvalue weighted by Crippen LogP contribution is -2.40. The summed E-state index contributed by atoms with van der Waals surface area (Å²) in [6.07, 6.45) is 1.31. The molecule has 3 N–H and O–H groups in total. The first-order chi connectivity index (χ1) is 9.63. The van der Waals surface area contributed by atoms with Gasteiger partial charge in [-0.1, -0.05) is 17.7 Å². The van der Waals surface area contributed by atoms with Gasteiger partial charge in [0.25, 0.3) is 5.91 Å². The molecule has 2 rings (SSSR count). The number of nitrogens with two attached hydrogens (primary N) is 1. The number of hydrogen-bond donors (Lipinski definition) is 2. The average Bonchev–Trinajstić information content (AvgIpc) is 2.93. The molecular weight excluding hydrogens is 254 g/mol. The number of rotatable bonds is 5. The number of nitrogens with zero attached hydrogens (tertiary/aromatic N) is 1. The first-order valence-electron chi connectivity index (χ1n) is 7.11. The summed E-state index contributed by atoms with van der Waals surface area (Å²) in [5.74, 6) is 4.91. The summed E-state index contributed by atoms with van der Waals surface area (Å²) in [4.78, 5) is 13.7. The van der Waals surface area contributed by atoms with E-state index in [4.69, 9.17) is 10.6 Å². The highest BCUT2D eigenvalue weighted by Gasteiger charge is 2.31. The van der Waals surface area contributed by atoms with Crippen LogP contribution in [0.4, 0.5) is 5.69 Å². The predicted molar refractivity (Wildman–Crippen MR) is 79.3 cm³/mol. The minimum absolute atomic E-state index is 0.0820. The van der Waals surface area contributed by atoms with Crippen molar-refractivity contribution in [2.24, 2.45) is 5.84 Å². The topological polar surface area (TPSA) is 67.6 Å². The van der Waals surface area contributed by atoms with Crippen LogP contribution < -0.4 is 16.2 Å². The zero-order valence-electron chi connectivity index (χ0n) is 12.1. The number of anilines is 1. The smallest absolute Gasteiger partial charge is 0.263 e. The molecule has 1 amide bonds. The molecule has 0 bridgehead atoms. The van der Waals surface area contributed by atoms with Crippen LogP contribution in [0.25, 0.3) is 0 Å². The van der Waals surface area contributed by atoms with Crippen LogP contribution in [-0.2, 0) is 9.53 Å². The summed E-state index contributed by atoms with van der Waals surface area (Å²) >= 11 is 0. The number of aryl methyl sites for hydroxylation is 1. The van der Waals surface area contributed by atoms with Gasteiger partial charge in [0.2, 0.25) is 0 Å². The van der Waals surface area contributed by atoms with Crippen molar-refractivity contribution in [3.63, 3.8) is 0 Å². The first kappa shape index (κ1) is 14.8. The van der Waals surface area contributed by atoms with Crippen molar-refractivity contribution in [3.05, 3.63) is 29.8 Å². The predicted octanol–water partition coefficient (Wildman–Crippen LogP) is 1.36. The number of benzene rings is 1. The van der Waals surface area contributed by atoms with E-state index in [2.05, 4.69) is 48.4 Å². The molecule has 5 nitrogen and oxygen atoms in total. The highest BCUT2D eigenvalue weighted by molar-refractivity contribution is 5.80. The molecular formula is C15H23N3O2. The second-order valence-corrected chi connectivity index (χ2v) is 5.21. The molecule has 1 aromatic rings. The summed E-state index contributed by atoms with van der Waals surface area (Å²) in [7, 11) is 0. The third kappa shape index (κ3) is 3.49. The number of amides is 1. The molecule has 1 aliphatic rings. The fourth-order valence-corrected chi connectivity index (χ4v) is 2.54. The van der Waals surface area contributed by atoms with E-state index >= 15 is 0 Å². The maximum Gasteiger partial charge on any atom is 0.263 e. The Morgan fingerprint density at radius 3 is 2.70 bits per heavy atom. The molecule has 0 radical (unpaired) electrons. The SMILES string of the molecule is CCN(CC1CCC(C(=O)NN)O1)c1ccc(C)cc1. The maximum absolute atomic E-state index is 11.4. The Kier molecular flexibility index (Phi) is 4.98. The van der Waals surface area contributed by atoms with Crippen molar-refractivity contribution in [1.82, 2.24) is 5.43 Å². The van der Waals surface area contributed by atoms with Crippen LogP contribution >= 0.6 is 0 Å². The van der Waals surface area contributed by atoms with Gasteiger partial charge in [-0.25, -0.2) is 5.84 Å². The average molecular weight is 277 g/mol. The lowest BCUT2D eigenvalue weighted by Gasteiger charge is -2.26. The van der Waals surface area contributed by atoms with Gasteiger partial charge in [-0.15, -0.1) is 0 Å². The maximum atomic E-state index is 11.4. The minimum Gasteiger partial charge on any atom is -0.369 e. The molecule has 1 aliphatic heterocycles. The molecule has 1 heterocycles. The Hall–Kier alpha value is -1.59. The molecule has 0 aromatic heterocycles. The molecule has 1 aromatic carbocycles. The Labute approximate surface area is 120 Å². The van der Waals surface area contributed by atoms with E-state index in [-0.39, 0.29) is 12.0 Å². The van der Waals surface area contributed by atoms with Crippen molar-refractivity contribution in [3.8, 4) is 0 Å². The highest BCUT2D eigenvalue weighted by atomic mass is 16.5. The van der Waals surface area contributed by atoms with Gasteiger partial charge in [-0.05, 0) is 38.8 Å². The quantitative estimate of drug-likeness (QED) is 0.484. The van der Waals surface area contributed by atoms with E-state index in [1.54, 1.807) is 0 Å². The molecule has 110 valence electrons. The summed E-state index contributed by atoms with van der Waals surface area (Å²) in [5.41, 5.74) is 4.59. The van der Waals surface area contributed by atoms with Crippen molar-refractivity contribution < 1.29 is 9.53 Å². The van der Waals surface area contributed by atoms with E-state index in [1.807, 2.05) is 0 Å². The fraction of sp³-hybridized carbons (Fsp3) is 0.533. The second kappa shape index (κ2) is 6.72. The molecule has 0 saturated carbocycles. The lowest BCUT2D eigenvalue weighted by atomic mass is 10.1. The van der Waals surface area contributed by atoms with Crippen molar-refractivity contribution in [1.29, 1.82) is 0 Å². The van der Waals surface area contributed by atoms with Gasteiger partial charge in [0, 0.05) is 18.8 Å². The van der Waals surface area contributed by atoms with E-state index in [0.29, 0.717) is 0 Å². The van der Waals surface area contributed by atoms with Crippen LogP contribution in [0.2, 0.25) is 0 Å². The van der Waals surface area contributed by atoms with Gasteiger partial charge in [-0.3, -0.25) is 10.2 Å². The van der Waals surface area contributed by atoms with Gasteiger partial charge in [-0.2, -0.15) is 0 Å². The summed E-state index contributed by atoms with van der Waals surface area (Å²) in [5, 5.41) is 0. The summed E-state index contributed by atoms with van der Waals surface area (Å²) < 4.78 is 5.76. The van der Waals surface area contributed by atoms with Gasteiger partial charge >= 0.3 is 0 Å². The van der Waals surface area contributed by atoms with Crippen LogP contribution in [0.5, 0.6) is 0 Å². The second-order valence-electron chi connectivity index (χ2n) is 5.21. The lowest BCUT2D eigenvalue weighted by molar-refractivity contribution is -0.131. The Morgan fingerprint density at radius 2 is 2.10 bits per heavy atom. The van der Waals surface area contributed by atoms with Crippen molar-refractivity contribution in [2.75, 3.05) is 18.0 Å². The standard InChI is InChI=1S/C15H23N3O2/c1-3-18(12-6-4-11(2)5-7-12)10-13-8-9-14(20-13)15(19)17-16/h4-7,13-14H,3,8-10,16H2,1-2H3,(H,17,19). The first-order valence-corrected chi connectivity index (χ1v) is 7.11. The molecule has 1 fully saturated rings. The van der Waals surface area contributed by atoms with Gasteiger partial charge in [0.1, 0.15) is 6.10 Å². The number of hydrogen-bond acceptors (Lipinski definition) is 4. The third-order valence-electron chi connectivity index (χ3n) is 3.75. The largest absolute Gasteiger partial charge is 0.369 e. The number of likely N-dealkylation sites (N-methyl/N-ethyl adjacent to an activating group) is 1. The van der Waals surface area contributed by atoms with Crippen LogP contribution in [-0.4, -0.2) is 31.2 Å².